The summed E-state index contributed by atoms with van der Waals surface area (Å²) in [5.41, 5.74) is 4.27. The molecule has 0 amide bonds. The topological polar surface area (TPSA) is 81.0 Å². The molecule has 266 valence electrons. The second-order valence-corrected chi connectivity index (χ2v) is 8.84. The Morgan fingerprint density at radius 3 is 1.27 bits per heavy atom. The minimum absolute atomic E-state index is 0. The van der Waals surface area contributed by atoms with Crippen LogP contribution in [0.25, 0.3) is 22.5 Å². The van der Waals surface area contributed by atoms with Gasteiger partial charge >= 0.3 is 38.5 Å². The van der Waals surface area contributed by atoms with Crippen molar-refractivity contribution < 1.29 is 58.9 Å². The molecule has 0 spiro atoms. The summed E-state index contributed by atoms with van der Waals surface area (Å²) in [6.45, 7) is 11.6. The van der Waals surface area contributed by atoms with Crippen molar-refractivity contribution in [2.24, 2.45) is 0 Å². The standard InChI is InChI=1S/C18H15O.C8H8O.C4H6O3.C4H10O.2BF3.FH/c1-14-12-17(15-8-4-2-5-9-15)13-18(19-14)16-10-6-3-7-11-16;1-7(9)8-5-3-2-4-6-8;1-3(5)7-4(2)6;1-3-5-4-2;2*2-1(3)4;/h2-13H,1H3;2-6H,1H3;1-2H3;3-4H2,1-2H3;;;1H/q+1;;;;;;/p-1. The predicted molar refractivity (Wildman–Crippen MR) is 178 cm³/mol. The van der Waals surface area contributed by atoms with Crippen molar-refractivity contribution in [3.05, 3.63) is 114 Å². The van der Waals surface area contributed by atoms with Gasteiger partial charge in [0.2, 0.25) is 0 Å². The third-order valence-electron chi connectivity index (χ3n) is 4.96. The molecular weight excluding hydrogens is 659 g/mol. The van der Waals surface area contributed by atoms with E-state index in [1.54, 1.807) is 6.92 Å². The molecule has 0 fully saturated rings. The molecule has 0 unspecified atom stereocenters. The number of esters is 2. The maximum absolute atomic E-state index is 10.6. The number of Topliss-reactive ketones (excluding diaryl/α,β-unsaturated/α-hetero) is 1. The summed E-state index contributed by atoms with van der Waals surface area (Å²) in [6.07, 6.45) is 0. The van der Waals surface area contributed by atoms with Crippen molar-refractivity contribution in [3.8, 4) is 22.5 Å². The molecule has 1 heterocycles. The predicted octanol–water partition coefficient (Wildman–Crippen LogP) is 6.99. The summed E-state index contributed by atoms with van der Waals surface area (Å²) in [5, 5.41) is 0. The van der Waals surface area contributed by atoms with Gasteiger partial charge in [0.05, 0.1) is 18.6 Å². The average molecular weight is 698 g/mol. The molecule has 49 heavy (non-hydrogen) atoms. The Morgan fingerprint density at radius 1 is 0.612 bits per heavy atom. The van der Waals surface area contributed by atoms with Gasteiger partial charge < -0.3 is 14.2 Å². The number of carbonyl (C=O) groups excluding carboxylic acids is 3. The van der Waals surface area contributed by atoms with E-state index in [2.05, 4.69) is 53.3 Å². The van der Waals surface area contributed by atoms with Gasteiger partial charge in [-0.1, -0.05) is 78.9 Å². The van der Waals surface area contributed by atoms with E-state index in [0.29, 0.717) is 0 Å². The zero-order valence-electron chi connectivity index (χ0n) is 28.0. The second-order valence-electron chi connectivity index (χ2n) is 8.84. The molecular formula is C34H39B2F7O6. The lowest BCUT2D eigenvalue weighted by Crippen LogP contribution is -3.00. The van der Waals surface area contributed by atoms with Gasteiger partial charge in [0.15, 0.2) is 5.78 Å². The first-order valence-corrected chi connectivity index (χ1v) is 14.4. The van der Waals surface area contributed by atoms with E-state index < -0.39 is 27.0 Å². The molecule has 4 aromatic rings. The van der Waals surface area contributed by atoms with Crippen molar-refractivity contribution in [1.82, 2.24) is 0 Å². The Bertz CT molecular complexity index is 1340. The van der Waals surface area contributed by atoms with Crippen molar-refractivity contribution in [2.45, 2.75) is 41.5 Å². The lowest BCUT2D eigenvalue weighted by molar-refractivity contribution is -0.156. The molecule has 4 rings (SSSR count). The Kier molecular flexibility index (Phi) is 30.3. The van der Waals surface area contributed by atoms with Crippen molar-refractivity contribution in [1.29, 1.82) is 0 Å². The molecule has 0 saturated heterocycles. The van der Waals surface area contributed by atoms with Crippen LogP contribution >= 0.6 is 0 Å². The minimum Gasteiger partial charge on any atom is -1.00 e. The van der Waals surface area contributed by atoms with Gasteiger partial charge in [0.1, 0.15) is 0 Å². The summed E-state index contributed by atoms with van der Waals surface area (Å²) in [6, 6.07) is 33.9. The molecule has 0 aliphatic carbocycles. The normalized spacial score (nSPS) is 8.73. The summed E-state index contributed by atoms with van der Waals surface area (Å²) < 4.78 is 72.6. The van der Waals surface area contributed by atoms with Gasteiger partial charge in [0.25, 0.3) is 0 Å². The Hall–Kier alpha value is -4.78. The van der Waals surface area contributed by atoms with Crippen LogP contribution in [0.4, 0.5) is 25.9 Å². The van der Waals surface area contributed by atoms with E-state index in [0.717, 1.165) is 35.9 Å². The number of aryl methyl sites for hydroxylation is 1. The van der Waals surface area contributed by atoms with Gasteiger partial charge in [-0.2, -0.15) is 0 Å². The fourth-order valence-corrected chi connectivity index (χ4v) is 3.26. The van der Waals surface area contributed by atoms with Crippen molar-refractivity contribution in [2.75, 3.05) is 13.2 Å². The van der Waals surface area contributed by atoms with Crippen LogP contribution in [0.1, 0.15) is 50.7 Å². The van der Waals surface area contributed by atoms with Crippen molar-refractivity contribution >= 4 is 32.8 Å². The number of hydrogen-bond donors (Lipinski definition) is 0. The molecule has 3 aromatic carbocycles. The summed E-state index contributed by atoms with van der Waals surface area (Å²) in [4.78, 5) is 30.3. The lowest BCUT2D eigenvalue weighted by Gasteiger charge is -2.00. The SMILES string of the molecule is CC(=O)OC(C)=O.CC(=O)c1ccccc1.CCOCC.Cc1cc(-c2ccccc2)cc(-c2ccccc2)[o+]1.FB(F)F.FB(F)F.[F-]. The summed E-state index contributed by atoms with van der Waals surface area (Å²) in [7, 11) is -7.33. The van der Waals surface area contributed by atoms with Crippen LogP contribution in [-0.2, 0) is 19.1 Å². The van der Waals surface area contributed by atoms with Gasteiger partial charge in [0, 0.05) is 44.3 Å². The fraction of sp³-hybridized carbons (Fsp3) is 0.235. The molecule has 0 aliphatic heterocycles. The zero-order valence-corrected chi connectivity index (χ0v) is 28.0. The molecule has 0 saturated carbocycles. The van der Waals surface area contributed by atoms with Crippen molar-refractivity contribution in [3.63, 3.8) is 0 Å². The number of benzene rings is 3. The first-order chi connectivity index (χ1) is 22.6. The first-order valence-electron chi connectivity index (χ1n) is 14.4. The highest BCUT2D eigenvalue weighted by Gasteiger charge is 2.15. The van der Waals surface area contributed by atoms with Crippen LogP contribution in [-0.4, -0.2) is 46.0 Å². The van der Waals surface area contributed by atoms with E-state index in [9.17, 15) is 40.3 Å². The molecule has 1 aromatic heterocycles. The monoisotopic (exact) mass is 698 g/mol. The molecule has 0 atom stereocenters. The van der Waals surface area contributed by atoms with Crippen LogP contribution in [0, 0.1) is 6.92 Å². The average Bonchev–Trinajstić information content (AvgIpc) is 3.02. The number of carbonyl (C=O) groups is 3. The summed E-state index contributed by atoms with van der Waals surface area (Å²) >= 11 is 0. The third-order valence-corrected chi connectivity index (χ3v) is 4.96. The number of halogens is 7. The zero-order chi connectivity index (χ0) is 36.9. The Balaban J connectivity index is -0.000000594. The van der Waals surface area contributed by atoms with E-state index in [1.807, 2.05) is 75.4 Å². The molecule has 15 heteroatoms. The maximum Gasteiger partial charge on any atom is 0.762 e. The van der Waals surface area contributed by atoms with Gasteiger partial charge in [-0.3, -0.25) is 40.3 Å². The molecule has 6 nitrogen and oxygen atoms in total. The van der Waals surface area contributed by atoms with Crippen LogP contribution in [0.5, 0.6) is 0 Å². The number of ketones is 1. The highest BCUT2D eigenvalue weighted by molar-refractivity contribution is 6.33. The van der Waals surface area contributed by atoms with Crippen LogP contribution in [0.2, 0.25) is 0 Å². The number of ether oxygens (including phenoxy) is 2. The van der Waals surface area contributed by atoms with Crippen LogP contribution in [0.15, 0.2) is 108 Å². The van der Waals surface area contributed by atoms with Crippen LogP contribution in [0.3, 0.4) is 0 Å². The van der Waals surface area contributed by atoms with E-state index in [-0.39, 0.29) is 10.5 Å². The minimum atomic E-state index is -3.67. The van der Waals surface area contributed by atoms with Gasteiger partial charge in [-0.05, 0) is 38.5 Å². The molecule has 0 N–H and O–H groups in total. The quantitative estimate of drug-likeness (QED) is 0.0559. The molecule has 0 bridgehead atoms. The summed E-state index contributed by atoms with van der Waals surface area (Å²) in [5.74, 6) is 0.815. The first kappa shape index (κ1) is 48.6. The molecule has 0 aliphatic rings. The molecule has 0 radical (unpaired) electrons. The third kappa shape index (κ3) is 30.3. The maximum atomic E-state index is 10.6. The smallest absolute Gasteiger partial charge is 0.762 e. The van der Waals surface area contributed by atoms with Gasteiger partial charge in [-0.25, -0.2) is 4.42 Å². The second kappa shape index (κ2) is 30.5. The Labute approximate surface area is 283 Å². The van der Waals surface area contributed by atoms with E-state index in [1.165, 1.54) is 25.0 Å². The van der Waals surface area contributed by atoms with Gasteiger partial charge in [-0.15, -0.1) is 0 Å². The largest absolute Gasteiger partial charge is 1.00 e. The number of rotatable bonds is 5. The highest BCUT2D eigenvalue weighted by Crippen LogP contribution is 2.27. The fourth-order valence-electron chi connectivity index (χ4n) is 3.26. The highest BCUT2D eigenvalue weighted by atomic mass is 19.4. The lowest BCUT2D eigenvalue weighted by atomic mass is 10.0. The Morgan fingerprint density at radius 2 is 0.980 bits per heavy atom. The van der Waals surface area contributed by atoms with E-state index >= 15 is 0 Å². The van der Waals surface area contributed by atoms with E-state index in [4.69, 9.17) is 9.15 Å². The number of hydrogen-bond acceptors (Lipinski definition) is 5. The van der Waals surface area contributed by atoms with Crippen LogP contribution < -0.4 is 4.70 Å².